The normalized spacial score (nSPS) is 11.3. The van der Waals surface area contributed by atoms with Crippen LogP contribution in [0.3, 0.4) is 0 Å². The van der Waals surface area contributed by atoms with Gasteiger partial charge in [0, 0.05) is 0 Å². The molecule has 17 heavy (non-hydrogen) atoms. The third kappa shape index (κ3) is 15.9. The third-order valence-corrected chi connectivity index (χ3v) is 3.33. The third-order valence-electron chi connectivity index (χ3n) is 3.33. The Kier molecular flexibility index (Phi) is 13.9. The Bertz CT molecular complexity index is 137. The van der Waals surface area contributed by atoms with E-state index in [9.17, 15) is 5.21 Å². The lowest BCUT2D eigenvalue weighted by atomic mass is 10.1. The van der Waals surface area contributed by atoms with Crippen molar-refractivity contribution in [2.45, 2.75) is 84.0 Å². The van der Waals surface area contributed by atoms with Crippen LogP contribution in [-0.2, 0) is 0 Å². The molecular weight excluding hydrogens is 210 g/mol. The molecule has 0 radical (unpaired) electrons. The van der Waals surface area contributed by atoms with Crippen LogP contribution < -0.4 is 0 Å². The fourth-order valence-corrected chi connectivity index (χ4v) is 2.18. The van der Waals surface area contributed by atoms with Crippen LogP contribution in [0, 0.1) is 5.21 Å². The van der Waals surface area contributed by atoms with Gasteiger partial charge in [0.1, 0.15) is 0 Å². The first-order valence-corrected chi connectivity index (χ1v) is 7.65. The molecule has 104 valence electrons. The number of hydrogen-bond acceptors (Lipinski definition) is 2. The van der Waals surface area contributed by atoms with Crippen LogP contribution in [0.5, 0.6) is 0 Å². The van der Waals surface area contributed by atoms with Crippen molar-refractivity contribution in [3.63, 3.8) is 0 Å². The van der Waals surface area contributed by atoms with E-state index in [1.54, 1.807) is 7.05 Å². The first-order valence-electron chi connectivity index (χ1n) is 7.65. The summed E-state index contributed by atoms with van der Waals surface area (Å²) < 4.78 is 0. The van der Waals surface area contributed by atoms with Crippen molar-refractivity contribution < 1.29 is 0 Å². The Morgan fingerprint density at radius 2 is 1.00 bits per heavy atom. The van der Waals surface area contributed by atoms with Crippen molar-refractivity contribution in [1.82, 2.24) is 5.06 Å². The van der Waals surface area contributed by atoms with Gasteiger partial charge in [0.05, 0.1) is 0 Å². The maximum Gasteiger partial charge on any atom is -0.0147 e. The number of hydrogen-bond donors (Lipinski definition) is 0. The Morgan fingerprint density at radius 1 is 0.647 bits per heavy atom. The van der Waals surface area contributed by atoms with Gasteiger partial charge in [-0.2, -0.15) is 0 Å². The van der Waals surface area contributed by atoms with Crippen LogP contribution in [0.15, 0.2) is 0 Å². The van der Waals surface area contributed by atoms with Crippen molar-refractivity contribution in [3.05, 3.63) is 5.21 Å². The molecule has 0 unspecified atom stereocenters. The first kappa shape index (κ1) is 16.9. The summed E-state index contributed by atoms with van der Waals surface area (Å²) in [5, 5.41) is 11.7. The zero-order valence-electron chi connectivity index (χ0n) is 12.0. The average molecular weight is 242 g/mol. The van der Waals surface area contributed by atoms with Gasteiger partial charge < -0.3 is 10.3 Å². The number of unbranched alkanes of at least 4 members (excludes halogenated alkanes) is 11. The number of nitrogens with zero attached hydrogens (tertiary/aromatic N) is 1. The minimum Gasteiger partial charge on any atom is -0.785 e. The van der Waals surface area contributed by atoms with E-state index in [-0.39, 0.29) is 0 Å². The molecule has 0 aliphatic carbocycles. The average Bonchev–Trinajstić information content (AvgIpc) is 2.30. The molecule has 0 aromatic rings. The SMILES string of the molecule is CCCCCCCCCCCCCCN(C)[O-]. The van der Waals surface area contributed by atoms with Gasteiger partial charge in [0.15, 0.2) is 0 Å². The smallest absolute Gasteiger partial charge is 0.0147 e. The van der Waals surface area contributed by atoms with Gasteiger partial charge in [-0.15, -0.1) is 0 Å². The maximum atomic E-state index is 10.6. The van der Waals surface area contributed by atoms with Gasteiger partial charge in [-0.3, -0.25) is 0 Å². The highest BCUT2D eigenvalue weighted by Gasteiger charge is 1.93. The van der Waals surface area contributed by atoms with Crippen molar-refractivity contribution in [3.8, 4) is 0 Å². The van der Waals surface area contributed by atoms with Crippen molar-refractivity contribution in [2.24, 2.45) is 0 Å². The molecule has 0 heterocycles. The van der Waals surface area contributed by atoms with Crippen LogP contribution in [0.25, 0.3) is 0 Å². The Morgan fingerprint density at radius 3 is 1.35 bits per heavy atom. The molecule has 0 N–H and O–H groups in total. The van der Waals surface area contributed by atoms with Gasteiger partial charge >= 0.3 is 0 Å². The molecule has 0 saturated heterocycles. The lowest BCUT2D eigenvalue weighted by Gasteiger charge is -2.21. The summed E-state index contributed by atoms with van der Waals surface area (Å²) in [4.78, 5) is 0. The van der Waals surface area contributed by atoms with Crippen LogP contribution in [0.2, 0.25) is 0 Å². The van der Waals surface area contributed by atoms with E-state index >= 15 is 0 Å². The zero-order valence-corrected chi connectivity index (χ0v) is 12.0. The molecule has 0 rings (SSSR count). The summed E-state index contributed by atoms with van der Waals surface area (Å²) in [6.45, 7) is 2.97. The molecule has 2 nitrogen and oxygen atoms in total. The number of hydroxylamine groups is 2. The zero-order chi connectivity index (χ0) is 12.8. The minimum atomic E-state index is 0.706. The van der Waals surface area contributed by atoms with Crippen LogP contribution in [0.4, 0.5) is 0 Å². The second-order valence-electron chi connectivity index (χ2n) is 5.24. The standard InChI is InChI=1S/C15H32NO/c1-3-4-5-6-7-8-9-10-11-12-13-14-15-16(2)17/h3-15H2,1-2H3/q-1. The van der Waals surface area contributed by atoms with Crippen molar-refractivity contribution in [2.75, 3.05) is 13.6 Å². The summed E-state index contributed by atoms with van der Waals surface area (Å²) >= 11 is 0. The van der Waals surface area contributed by atoms with Gasteiger partial charge in [-0.1, -0.05) is 77.6 Å². The molecule has 0 aromatic heterocycles. The van der Waals surface area contributed by atoms with E-state index in [0.717, 1.165) is 11.5 Å². The second kappa shape index (κ2) is 14.0. The van der Waals surface area contributed by atoms with E-state index in [1.165, 1.54) is 70.6 Å². The van der Waals surface area contributed by atoms with Crippen LogP contribution in [0.1, 0.15) is 84.0 Å². The molecule has 0 aliphatic heterocycles. The van der Waals surface area contributed by atoms with E-state index in [1.807, 2.05) is 0 Å². The maximum absolute atomic E-state index is 10.6. The largest absolute Gasteiger partial charge is 0.785 e. The Labute approximate surface area is 108 Å². The van der Waals surface area contributed by atoms with Crippen LogP contribution >= 0.6 is 0 Å². The molecule has 0 fully saturated rings. The van der Waals surface area contributed by atoms with Crippen molar-refractivity contribution >= 4 is 0 Å². The van der Waals surface area contributed by atoms with Crippen molar-refractivity contribution in [1.29, 1.82) is 0 Å². The highest BCUT2D eigenvalue weighted by Crippen LogP contribution is 2.11. The quantitative estimate of drug-likeness (QED) is 0.331. The lowest BCUT2D eigenvalue weighted by molar-refractivity contribution is 0.429. The molecule has 0 spiro atoms. The molecule has 0 saturated carbocycles. The summed E-state index contributed by atoms with van der Waals surface area (Å²) in [7, 11) is 1.61. The summed E-state index contributed by atoms with van der Waals surface area (Å²) in [5.41, 5.74) is 0. The summed E-state index contributed by atoms with van der Waals surface area (Å²) in [5.74, 6) is 0. The van der Waals surface area contributed by atoms with Gasteiger partial charge in [-0.25, -0.2) is 0 Å². The Balaban J connectivity index is 2.89. The monoisotopic (exact) mass is 242 g/mol. The Hall–Kier alpha value is -0.0800. The molecule has 2 heteroatoms. The van der Waals surface area contributed by atoms with Crippen LogP contribution in [-0.4, -0.2) is 18.7 Å². The molecule has 0 atom stereocenters. The highest BCUT2D eigenvalue weighted by atomic mass is 16.5. The molecule has 0 aromatic carbocycles. The lowest BCUT2D eigenvalue weighted by Crippen LogP contribution is -2.10. The molecule has 0 aliphatic rings. The van der Waals surface area contributed by atoms with E-state index in [4.69, 9.17) is 0 Å². The van der Waals surface area contributed by atoms with Gasteiger partial charge in [-0.05, 0) is 20.0 Å². The molecular formula is C15H32NO-. The molecule has 0 bridgehead atoms. The van der Waals surface area contributed by atoms with Gasteiger partial charge in [0.2, 0.25) is 0 Å². The fourth-order valence-electron chi connectivity index (χ4n) is 2.18. The van der Waals surface area contributed by atoms with E-state index in [2.05, 4.69) is 6.92 Å². The predicted octanol–water partition coefficient (Wildman–Crippen LogP) is 5.12. The minimum absolute atomic E-state index is 0.706. The van der Waals surface area contributed by atoms with Gasteiger partial charge in [0.25, 0.3) is 0 Å². The van der Waals surface area contributed by atoms with E-state index in [0.29, 0.717) is 6.54 Å². The second-order valence-corrected chi connectivity index (χ2v) is 5.24. The predicted molar refractivity (Wildman–Crippen MR) is 77.1 cm³/mol. The van der Waals surface area contributed by atoms with E-state index < -0.39 is 0 Å². The summed E-state index contributed by atoms with van der Waals surface area (Å²) in [6.07, 6.45) is 16.2. The molecule has 0 amide bonds. The number of rotatable bonds is 13. The topological polar surface area (TPSA) is 26.3 Å². The first-order chi connectivity index (χ1) is 8.27. The fraction of sp³-hybridized carbons (Fsp3) is 1.00. The summed E-state index contributed by atoms with van der Waals surface area (Å²) in [6, 6.07) is 0. The highest BCUT2D eigenvalue weighted by molar-refractivity contribution is 4.51.